The van der Waals surface area contributed by atoms with Crippen molar-refractivity contribution in [3.63, 3.8) is 0 Å². The van der Waals surface area contributed by atoms with Crippen LogP contribution in [-0.2, 0) is 0 Å². The molecule has 12 heavy (non-hydrogen) atoms. The van der Waals surface area contributed by atoms with E-state index < -0.39 is 16.1 Å². The molecular weight excluding hydrogens is 200 g/mol. The lowest BCUT2D eigenvalue weighted by molar-refractivity contribution is 1.01. The fourth-order valence-electron chi connectivity index (χ4n) is 1.16. The van der Waals surface area contributed by atoms with Gasteiger partial charge in [-0.3, -0.25) is 0 Å². The molecule has 0 unspecified atom stereocenters. The molecule has 74 valence electrons. The van der Waals surface area contributed by atoms with Crippen LogP contribution in [0.25, 0.3) is 0 Å². The van der Waals surface area contributed by atoms with Crippen molar-refractivity contribution in [3.8, 4) is 0 Å². The second-order valence-electron chi connectivity index (χ2n) is 5.71. The van der Waals surface area contributed by atoms with Gasteiger partial charge in [0.25, 0.3) is 0 Å². The highest BCUT2D eigenvalue weighted by Gasteiger charge is 2.20. The summed E-state index contributed by atoms with van der Waals surface area (Å²) in [7, 11) is -1.78. The molecule has 0 heterocycles. The Morgan fingerprint density at radius 2 is 1.42 bits per heavy atom. The molecule has 0 amide bonds. The van der Waals surface area contributed by atoms with E-state index in [2.05, 4.69) is 32.7 Å². The van der Waals surface area contributed by atoms with Crippen LogP contribution in [0.3, 0.4) is 0 Å². The third-order valence-electron chi connectivity index (χ3n) is 2.14. The number of alkyl halides is 1. The molecule has 0 aliphatic heterocycles. The molecule has 0 rings (SSSR count). The van der Waals surface area contributed by atoms with Crippen LogP contribution in [0.5, 0.6) is 0 Å². The first-order chi connectivity index (χ1) is 5.27. The highest BCUT2D eigenvalue weighted by molar-refractivity contribution is 6.83. The molecule has 0 aromatic rings. The molecule has 0 N–H and O–H groups in total. The zero-order valence-corrected chi connectivity index (χ0v) is 12.0. The number of halogens is 1. The Morgan fingerprint density at radius 3 is 1.75 bits per heavy atom. The third-order valence-corrected chi connectivity index (χ3v) is 8.60. The van der Waals surface area contributed by atoms with Crippen LogP contribution in [0.4, 0.5) is 0 Å². The van der Waals surface area contributed by atoms with Crippen molar-refractivity contribution >= 4 is 27.7 Å². The van der Waals surface area contributed by atoms with Crippen molar-refractivity contribution in [1.82, 2.24) is 0 Å². The second-order valence-corrected chi connectivity index (χ2v) is 17.2. The summed E-state index contributed by atoms with van der Waals surface area (Å²) in [6, 6.07) is 2.89. The molecule has 0 nitrogen and oxygen atoms in total. The van der Waals surface area contributed by atoms with Crippen LogP contribution in [0, 0.1) is 0 Å². The highest BCUT2D eigenvalue weighted by Crippen LogP contribution is 2.19. The number of hydrogen-bond donors (Lipinski definition) is 0. The minimum absolute atomic E-state index is 0.791. The van der Waals surface area contributed by atoms with E-state index in [0.29, 0.717) is 0 Å². The zero-order valence-electron chi connectivity index (χ0n) is 9.21. The van der Waals surface area contributed by atoms with E-state index in [4.69, 9.17) is 11.6 Å². The van der Waals surface area contributed by atoms with Gasteiger partial charge in [-0.1, -0.05) is 51.2 Å². The Bertz CT molecular complexity index is 127. The first-order valence-corrected chi connectivity index (χ1v) is 12.5. The largest absolute Gasteiger partial charge is 0.130 e. The maximum atomic E-state index is 5.92. The molecule has 0 radical (unpaired) electrons. The molecule has 3 heteroatoms. The summed E-state index contributed by atoms with van der Waals surface area (Å²) in [5.41, 5.74) is 0.929. The highest BCUT2D eigenvalue weighted by atomic mass is 35.5. The Morgan fingerprint density at radius 1 is 0.917 bits per heavy atom. The first-order valence-electron chi connectivity index (χ1n) is 4.83. The summed E-state index contributed by atoms with van der Waals surface area (Å²) in [6.07, 6.45) is 1.42. The van der Waals surface area contributed by atoms with Crippen LogP contribution in [-0.4, -0.2) is 21.7 Å². The molecular formula is C9H23ClSi2. The second kappa shape index (κ2) is 4.82. The Labute approximate surface area is 84.7 Å². The monoisotopic (exact) mass is 222 g/mol. The summed E-state index contributed by atoms with van der Waals surface area (Å²) in [5, 5.41) is 0. The van der Waals surface area contributed by atoms with Gasteiger partial charge in [0.05, 0.1) is 8.07 Å². The van der Waals surface area contributed by atoms with Crippen LogP contribution in [0.2, 0.25) is 44.8 Å². The van der Waals surface area contributed by atoms with E-state index in [0.717, 1.165) is 5.50 Å². The molecule has 0 saturated carbocycles. The van der Waals surface area contributed by atoms with Crippen molar-refractivity contribution in [2.24, 2.45) is 0 Å². The van der Waals surface area contributed by atoms with Gasteiger partial charge in [0, 0.05) is 13.6 Å². The van der Waals surface area contributed by atoms with Gasteiger partial charge in [0.15, 0.2) is 0 Å². The standard InChI is InChI=1S/C9H23ClSi2/c1-11(2,3)7-6-8-12(4,5)9-10/h6-9H2,1-5H3. The van der Waals surface area contributed by atoms with Crippen LogP contribution < -0.4 is 0 Å². The van der Waals surface area contributed by atoms with E-state index in [1.54, 1.807) is 0 Å². The van der Waals surface area contributed by atoms with E-state index in [1.165, 1.54) is 18.5 Å². The molecule has 0 atom stereocenters. The molecule has 0 spiro atoms. The molecule has 0 bridgehead atoms. The van der Waals surface area contributed by atoms with Gasteiger partial charge < -0.3 is 0 Å². The van der Waals surface area contributed by atoms with E-state index in [9.17, 15) is 0 Å². The van der Waals surface area contributed by atoms with Gasteiger partial charge in [-0.2, -0.15) is 0 Å². The fraction of sp³-hybridized carbons (Fsp3) is 1.00. The summed E-state index contributed by atoms with van der Waals surface area (Å²) < 4.78 is 0. The van der Waals surface area contributed by atoms with E-state index in [-0.39, 0.29) is 0 Å². The first kappa shape index (κ1) is 12.7. The van der Waals surface area contributed by atoms with Gasteiger partial charge in [-0.15, -0.1) is 11.6 Å². The molecule has 0 saturated heterocycles. The summed E-state index contributed by atoms with van der Waals surface area (Å²) in [4.78, 5) is 0. The van der Waals surface area contributed by atoms with Crippen molar-refractivity contribution < 1.29 is 0 Å². The van der Waals surface area contributed by atoms with Gasteiger partial charge in [0.1, 0.15) is 0 Å². The van der Waals surface area contributed by atoms with Gasteiger partial charge >= 0.3 is 0 Å². The predicted octanol–water partition coefficient (Wildman–Crippen LogP) is 4.20. The lowest BCUT2D eigenvalue weighted by atomic mass is 10.6. The maximum Gasteiger partial charge on any atom is 0.0639 e. The fourth-order valence-corrected chi connectivity index (χ4v) is 4.42. The minimum Gasteiger partial charge on any atom is -0.130 e. The maximum absolute atomic E-state index is 5.92. The lowest BCUT2D eigenvalue weighted by Gasteiger charge is -2.21. The topological polar surface area (TPSA) is 0 Å². The zero-order chi connectivity index (χ0) is 9.83. The van der Waals surface area contributed by atoms with Crippen molar-refractivity contribution in [3.05, 3.63) is 0 Å². The van der Waals surface area contributed by atoms with Crippen LogP contribution >= 0.6 is 11.6 Å². The Balaban J connectivity index is 3.57. The summed E-state index contributed by atoms with van der Waals surface area (Å²) >= 11 is 5.92. The smallest absolute Gasteiger partial charge is 0.0639 e. The number of hydrogen-bond acceptors (Lipinski definition) is 0. The molecule has 0 aromatic heterocycles. The molecule has 0 aliphatic rings. The third kappa shape index (κ3) is 7.38. The van der Waals surface area contributed by atoms with Crippen LogP contribution in [0.15, 0.2) is 0 Å². The van der Waals surface area contributed by atoms with Crippen molar-refractivity contribution in [2.45, 2.75) is 51.2 Å². The van der Waals surface area contributed by atoms with Gasteiger partial charge in [0.2, 0.25) is 0 Å². The summed E-state index contributed by atoms with van der Waals surface area (Å²) in [5.74, 6) is 0. The van der Waals surface area contributed by atoms with Crippen LogP contribution in [0.1, 0.15) is 6.42 Å². The minimum atomic E-state index is -0.989. The lowest BCUT2D eigenvalue weighted by Crippen LogP contribution is -2.29. The molecule has 0 aromatic carbocycles. The molecule has 0 fully saturated rings. The molecule has 0 aliphatic carbocycles. The van der Waals surface area contributed by atoms with E-state index >= 15 is 0 Å². The van der Waals surface area contributed by atoms with Gasteiger partial charge in [-0.25, -0.2) is 0 Å². The quantitative estimate of drug-likeness (QED) is 0.483. The predicted molar refractivity (Wildman–Crippen MR) is 65.8 cm³/mol. The average Bonchev–Trinajstić information content (AvgIpc) is 1.84. The van der Waals surface area contributed by atoms with E-state index in [1.807, 2.05) is 0 Å². The van der Waals surface area contributed by atoms with Gasteiger partial charge in [-0.05, 0) is 0 Å². The Hall–Kier alpha value is 0.724. The average molecular weight is 223 g/mol. The van der Waals surface area contributed by atoms with Crippen molar-refractivity contribution in [1.29, 1.82) is 0 Å². The Kier molecular flexibility index (Phi) is 5.11. The SMILES string of the molecule is C[Si](C)(C)CCC[Si](C)(C)CCl. The summed E-state index contributed by atoms with van der Waals surface area (Å²) in [6.45, 7) is 12.1. The normalized spacial score (nSPS) is 13.5. The number of rotatable bonds is 5. The van der Waals surface area contributed by atoms with Crippen molar-refractivity contribution in [2.75, 3.05) is 5.50 Å².